The highest BCUT2D eigenvalue weighted by atomic mass is 35.5. The van der Waals surface area contributed by atoms with E-state index in [9.17, 15) is 20.0 Å². The van der Waals surface area contributed by atoms with Crippen molar-refractivity contribution in [2.45, 2.75) is 6.92 Å². The van der Waals surface area contributed by atoms with E-state index in [1.54, 1.807) is 0 Å². The van der Waals surface area contributed by atoms with Gasteiger partial charge in [0.2, 0.25) is 0 Å². The average molecular weight is 216 g/mol. The maximum absolute atomic E-state index is 10.9. The Balaban J connectivity index is 3.41. The van der Waals surface area contributed by atoms with Crippen molar-refractivity contribution in [3.63, 3.8) is 0 Å². The van der Waals surface area contributed by atoms with Crippen LogP contribution in [0.2, 0.25) is 5.02 Å². The molecule has 0 bridgehead atoms. The fraction of sp³-hybridized carbons (Fsp3) is 0.125. The van der Waals surface area contributed by atoms with Gasteiger partial charge >= 0.3 is 0 Å². The van der Waals surface area contributed by atoms with E-state index < -0.39 is 27.2 Å². The molecule has 0 aliphatic carbocycles. The molecule has 0 fully saturated rings. The Kier molecular flexibility index (Phi) is 2.71. The molecule has 0 heterocycles. The molecule has 74 valence electrons. The van der Waals surface area contributed by atoms with Crippen LogP contribution >= 0.6 is 11.6 Å². The molecule has 0 atom stereocenters. The Hall–Kier alpha value is -1.62. The second-order valence-electron chi connectivity index (χ2n) is 2.61. The third-order valence-corrected chi connectivity index (χ3v) is 2.04. The third-order valence-electron chi connectivity index (χ3n) is 1.67. The predicted molar refractivity (Wildman–Crippen MR) is 49.8 cm³/mol. The van der Waals surface area contributed by atoms with Crippen LogP contribution in [0, 0.1) is 10.1 Å². The number of phenols is 1. The number of rotatable bonds is 2. The van der Waals surface area contributed by atoms with Crippen molar-refractivity contribution in [3.8, 4) is 5.75 Å². The summed E-state index contributed by atoms with van der Waals surface area (Å²) in [7, 11) is 0. The molecule has 1 aromatic rings. The van der Waals surface area contributed by atoms with Crippen LogP contribution in [0.25, 0.3) is 0 Å². The van der Waals surface area contributed by atoms with Crippen molar-refractivity contribution >= 4 is 23.1 Å². The van der Waals surface area contributed by atoms with Crippen LogP contribution in [0.3, 0.4) is 0 Å². The molecule has 1 aromatic carbocycles. The molecular weight excluding hydrogens is 210 g/mol. The number of phenolic OH excluding ortho intramolecular Hbond substituents is 1. The van der Waals surface area contributed by atoms with Crippen molar-refractivity contribution < 1.29 is 14.8 Å². The summed E-state index contributed by atoms with van der Waals surface area (Å²) in [6.07, 6.45) is 0. The van der Waals surface area contributed by atoms with Crippen LogP contribution in [0.5, 0.6) is 5.75 Å². The van der Waals surface area contributed by atoms with Crippen molar-refractivity contribution in [2.75, 3.05) is 0 Å². The summed E-state index contributed by atoms with van der Waals surface area (Å²) in [6, 6.07) is 2.25. The van der Waals surface area contributed by atoms with Gasteiger partial charge in [-0.25, -0.2) is 0 Å². The van der Waals surface area contributed by atoms with E-state index in [0.29, 0.717) is 0 Å². The van der Waals surface area contributed by atoms with E-state index >= 15 is 0 Å². The highest BCUT2D eigenvalue weighted by molar-refractivity contribution is 6.34. The van der Waals surface area contributed by atoms with Gasteiger partial charge in [-0.15, -0.1) is 0 Å². The molecule has 1 N–H and O–H groups in total. The Morgan fingerprint density at radius 3 is 2.57 bits per heavy atom. The number of benzene rings is 1. The van der Waals surface area contributed by atoms with Crippen LogP contribution < -0.4 is 0 Å². The van der Waals surface area contributed by atoms with Gasteiger partial charge in [0.05, 0.1) is 10.5 Å². The number of carbonyl (C=O) groups excluding carboxylic acids is 1. The second-order valence-corrected chi connectivity index (χ2v) is 2.99. The zero-order valence-corrected chi connectivity index (χ0v) is 7.91. The largest absolute Gasteiger partial charge is 0.505 e. The van der Waals surface area contributed by atoms with Gasteiger partial charge in [-0.05, 0) is 13.0 Å². The second kappa shape index (κ2) is 3.63. The van der Waals surface area contributed by atoms with Crippen molar-refractivity contribution in [3.05, 3.63) is 32.8 Å². The number of nitrogens with zero attached hydrogens (tertiary/aromatic N) is 1. The Morgan fingerprint density at radius 2 is 2.14 bits per heavy atom. The smallest absolute Gasteiger partial charge is 0.291 e. The number of nitro groups is 1. The third kappa shape index (κ3) is 1.67. The molecule has 0 spiro atoms. The molecule has 0 aliphatic heterocycles. The quantitative estimate of drug-likeness (QED) is 0.466. The van der Waals surface area contributed by atoms with E-state index in [4.69, 9.17) is 11.6 Å². The predicted octanol–water partition coefficient (Wildman–Crippen LogP) is 2.16. The maximum Gasteiger partial charge on any atom is 0.291 e. The molecule has 0 aliphatic rings. The highest BCUT2D eigenvalue weighted by Crippen LogP contribution is 2.35. The highest BCUT2D eigenvalue weighted by Gasteiger charge is 2.20. The van der Waals surface area contributed by atoms with E-state index in [1.165, 1.54) is 13.0 Å². The van der Waals surface area contributed by atoms with Gasteiger partial charge in [0.25, 0.3) is 5.69 Å². The number of hydrogen-bond donors (Lipinski definition) is 1. The lowest BCUT2D eigenvalue weighted by Gasteiger charge is -2.02. The number of hydrogen-bond acceptors (Lipinski definition) is 4. The maximum atomic E-state index is 10.9. The van der Waals surface area contributed by atoms with Gasteiger partial charge in [-0.1, -0.05) is 11.6 Å². The molecule has 5 nitrogen and oxygen atoms in total. The van der Waals surface area contributed by atoms with Crippen molar-refractivity contribution in [1.82, 2.24) is 0 Å². The van der Waals surface area contributed by atoms with Gasteiger partial charge in [0, 0.05) is 6.07 Å². The minimum Gasteiger partial charge on any atom is -0.505 e. The van der Waals surface area contributed by atoms with Crippen LogP contribution in [-0.4, -0.2) is 15.8 Å². The van der Waals surface area contributed by atoms with Gasteiger partial charge in [0.1, 0.15) is 0 Å². The number of nitro benzene ring substituents is 1. The Labute approximate surface area is 84.1 Å². The first-order valence-electron chi connectivity index (χ1n) is 3.62. The van der Waals surface area contributed by atoms with Crippen molar-refractivity contribution in [2.24, 2.45) is 0 Å². The zero-order chi connectivity index (χ0) is 10.9. The Bertz CT molecular complexity index is 377. The number of halogens is 1. The summed E-state index contributed by atoms with van der Waals surface area (Å²) < 4.78 is 0. The lowest BCUT2D eigenvalue weighted by atomic mass is 10.1. The van der Waals surface area contributed by atoms with Gasteiger partial charge < -0.3 is 5.11 Å². The van der Waals surface area contributed by atoms with Crippen LogP contribution in [0.1, 0.15) is 17.3 Å². The molecular formula is C8H6ClNO4. The molecule has 1 rings (SSSR count). The molecule has 14 heavy (non-hydrogen) atoms. The van der Waals surface area contributed by atoms with Crippen LogP contribution in [-0.2, 0) is 0 Å². The Morgan fingerprint density at radius 1 is 1.57 bits per heavy atom. The SMILES string of the molecule is CC(=O)c1ccc([N+](=O)[O-])c(Cl)c1O. The molecule has 6 heteroatoms. The van der Waals surface area contributed by atoms with E-state index in [-0.39, 0.29) is 5.56 Å². The monoisotopic (exact) mass is 215 g/mol. The van der Waals surface area contributed by atoms with Crippen LogP contribution in [0.15, 0.2) is 12.1 Å². The molecule has 0 aromatic heterocycles. The van der Waals surface area contributed by atoms with Gasteiger partial charge in [-0.2, -0.15) is 0 Å². The van der Waals surface area contributed by atoms with E-state index in [2.05, 4.69) is 0 Å². The standard InChI is InChI=1S/C8H6ClNO4/c1-4(11)5-2-3-6(10(13)14)7(9)8(5)12/h2-3,12H,1H3. The first kappa shape index (κ1) is 10.5. The number of carbonyl (C=O) groups is 1. The molecule has 0 amide bonds. The lowest BCUT2D eigenvalue weighted by Crippen LogP contribution is -1.96. The minimum atomic E-state index is -0.730. The average Bonchev–Trinajstić information content (AvgIpc) is 2.08. The number of Topliss-reactive ketones (excluding diaryl/α,β-unsaturated/α-hetero) is 1. The molecule has 0 saturated carbocycles. The fourth-order valence-corrected chi connectivity index (χ4v) is 1.21. The number of ketones is 1. The van der Waals surface area contributed by atoms with E-state index in [1.807, 2.05) is 0 Å². The molecule has 0 radical (unpaired) electrons. The zero-order valence-electron chi connectivity index (χ0n) is 7.15. The van der Waals surface area contributed by atoms with Crippen LogP contribution in [0.4, 0.5) is 5.69 Å². The normalized spacial score (nSPS) is 9.86. The van der Waals surface area contributed by atoms with Crippen molar-refractivity contribution in [1.29, 1.82) is 0 Å². The summed E-state index contributed by atoms with van der Waals surface area (Å²) in [5.41, 5.74) is -0.449. The summed E-state index contributed by atoms with van der Waals surface area (Å²) in [6.45, 7) is 1.23. The molecule has 0 unspecified atom stereocenters. The summed E-state index contributed by atoms with van der Waals surface area (Å²) in [5.74, 6) is -0.951. The summed E-state index contributed by atoms with van der Waals surface area (Å²) in [5, 5.41) is 19.3. The van der Waals surface area contributed by atoms with Gasteiger partial charge in [0.15, 0.2) is 16.6 Å². The van der Waals surface area contributed by atoms with Gasteiger partial charge in [-0.3, -0.25) is 14.9 Å². The lowest BCUT2D eigenvalue weighted by molar-refractivity contribution is -0.384. The minimum absolute atomic E-state index is 0.0272. The fourth-order valence-electron chi connectivity index (χ4n) is 0.979. The first-order chi connectivity index (χ1) is 6.45. The topological polar surface area (TPSA) is 80.4 Å². The summed E-state index contributed by atoms with van der Waals surface area (Å²) in [4.78, 5) is 20.6. The first-order valence-corrected chi connectivity index (χ1v) is 3.99. The van der Waals surface area contributed by atoms with E-state index in [0.717, 1.165) is 6.07 Å². The molecule has 0 saturated heterocycles. The number of aromatic hydroxyl groups is 1. The summed E-state index contributed by atoms with van der Waals surface area (Å²) >= 11 is 5.49.